The molecule has 0 fully saturated rings. The molecule has 0 bridgehead atoms. The van der Waals surface area contributed by atoms with Gasteiger partial charge in [-0.05, 0) is 44.2 Å². The van der Waals surface area contributed by atoms with Gasteiger partial charge in [-0.15, -0.1) is 0 Å². The summed E-state index contributed by atoms with van der Waals surface area (Å²) in [5.41, 5.74) is 0.443. The van der Waals surface area contributed by atoms with E-state index in [4.69, 9.17) is 4.42 Å². The van der Waals surface area contributed by atoms with Gasteiger partial charge < -0.3 is 9.73 Å². The van der Waals surface area contributed by atoms with Gasteiger partial charge in [0.2, 0.25) is 5.91 Å². The summed E-state index contributed by atoms with van der Waals surface area (Å²) in [6, 6.07) is 9.47. The van der Waals surface area contributed by atoms with E-state index >= 15 is 0 Å². The Kier molecular flexibility index (Phi) is 4.53. The molecule has 4 nitrogen and oxygen atoms in total. The van der Waals surface area contributed by atoms with Crippen LogP contribution in [-0.2, 0) is 4.79 Å². The summed E-state index contributed by atoms with van der Waals surface area (Å²) < 4.78 is 18.4. The molecule has 20 heavy (non-hydrogen) atoms. The molecular formula is C15H17FN2O2. The van der Waals surface area contributed by atoms with Crippen molar-refractivity contribution in [2.75, 3.05) is 11.9 Å². The Labute approximate surface area is 117 Å². The third-order valence-electron chi connectivity index (χ3n) is 2.87. The second-order valence-electron chi connectivity index (χ2n) is 4.61. The molecule has 2 aromatic rings. The van der Waals surface area contributed by atoms with Crippen molar-refractivity contribution in [2.24, 2.45) is 0 Å². The van der Waals surface area contributed by atoms with E-state index in [-0.39, 0.29) is 24.3 Å². The predicted molar refractivity (Wildman–Crippen MR) is 74.9 cm³/mol. The van der Waals surface area contributed by atoms with Crippen LogP contribution >= 0.6 is 0 Å². The predicted octanol–water partition coefficient (Wildman–Crippen LogP) is 3.02. The number of halogens is 1. The molecule has 5 heteroatoms. The van der Waals surface area contributed by atoms with Crippen LogP contribution in [0.2, 0.25) is 0 Å². The lowest BCUT2D eigenvalue weighted by atomic mass is 10.2. The second kappa shape index (κ2) is 6.34. The van der Waals surface area contributed by atoms with E-state index in [9.17, 15) is 9.18 Å². The first-order valence-corrected chi connectivity index (χ1v) is 6.40. The van der Waals surface area contributed by atoms with Crippen molar-refractivity contribution in [1.29, 1.82) is 0 Å². The van der Waals surface area contributed by atoms with Gasteiger partial charge in [0.25, 0.3) is 0 Å². The van der Waals surface area contributed by atoms with Crippen LogP contribution in [-0.4, -0.2) is 12.5 Å². The second-order valence-corrected chi connectivity index (χ2v) is 4.61. The molecule has 1 heterocycles. The van der Waals surface area contributed by atoms with Crippen LogP contribution in [0.15, 0.2) is 40.8 Å². The first-order valence-electron chi connectivity index (χ1n) is 6.40. The van der Waals surface area contributed by atoms with Crippen LogP contribution in [0.25, 0.3) is 0 Å². The largest absolute Gasteiger partial charge is 0.465 e. The van der Waals surface area contributed by atoms with Crippen molar-refractivity contribution in [3.05, 3.63) is 53.7 Å². The fraction of sp³-hybridized carbons (Fsp3) is 0.267. The van der Waals surface area contributed by atoms with Crippen molar-refractivity contribution in [1.82, 2.24) is 5.32 Å². The highest BCUT2D eigenvalue weighted by Gasteiger charge is 2.11. The van der Waals surface area contributed by atoms with Crippen LogP contribution < -0.4 is 10.6 Å². The average molecular weight is 276 g/mol. The first-order chi connectivity index (χ1) is 9.54. The molecule has 1 aromatic heterocycles. The Morgan fingerprint density at radius 2 is 2.15 bits per heavy atom. The summed E-state index contributed by atoms with van der Waals surface area (Å²) >= 11 is 0. The standard InChI is InChI=1S/C15H17FN2O2/c1-10-6-7-14(20-10)11(2)17-9-15(19)18-13-5-3-4-12(16)8-13/h3-8,11,17H,9H2,1-2H3,(H,18,19). The van der Waals surface area contributed by atoms with Gasteiger partial charge in [-0.2, -0.15) is 0 Å². The van der Waals surface area contributed by atoms with E-state index in [1.807, 2.05) is 26.0 Å². The molecule has 0 saturated carbocycles. The van der Waals surface area contributed by atoms with Crippen molar-refractivity contribution in [3.8, 4) is 0 Å². The molecule has 0 radical (unpaired) electrons. The number of hydrogen-bond donors (Lipinski definition) is 2. The van der Waals surface area contributed by atoms with E-state index in [1.165, 1.54) is 12.1 Å². The normalized spacial score (nSPS) is 12.2. The van der Waals surface area contributed by atoms with Crippen LogP contribution in [0.1, 0.15) is 24.5 Å². The number of rotatable bonds is 5. The van der Waals surface area contributed by atoms with Gasteiger partial charge in [-0.3, -0.25) is 10.1 Å². The Morgan fingerprint density at radius 3 is 2.80 bits per heavy atom. The van der Waals surface area contributed by atoms with E-state index in [0.717, 1.165) is 11.5 Å². The maximum absolute atomic E-state index is 13.0. The van der Waals surface area contributed by atoms with Gasteiger partial charge in [0, 0.05) is 5.69 Å². The van der Waals surface area contributed by atoms with Crippen LogP contribution in [0.4, 0.5) is 10.1 Å². The maximum Gasteiger partial charge on any atom is 0.238 e. The number of carbonyl (C=O) groups excluding carboxylic acids is 1. The SMILES string of the molecule is Cc1ccc(C(C)NCC(=O)Nc2cccc(F)c2)o1. The highest BCUT2D eigenvalue weighted by atomic mass is 19.1. The molecule has 0 aliphatic rings. The number of carbonyl (C=O) groups is 1. The minimum Gasteiger partial charge on any atom is -0.465 e. The lowest BCUT2D eigenvalue weighted by Crippen LogP contribution is -2.30. The number of aryl methyl sites for hydroxylation is 1. The fourth-order valence-electron chi connectivity index (χ4n) is 1.80. The Balaban J connectivity index is 1.83. The summed E-state index contributed by atoms with van der Waals surface area (Å²) in [5.74, 6) is 1.000. The van der Waals surface area contributed by atoms with Crippen LogP contribution in [0, 0.1) is 12.7 Å². The maximum atomic E-state index is 13.0. The average Bonchev–Trinajstić information content (AvgIpc) is 2.83. The number of benzene rings is 1. The van der Waals surface area contributed by atoms with E-state index < -0.39 is 0 Å². The van der Waals surface area contributed by atoms with E-state index in [2.05, 4.69) is 10.6 Å². The van der Waals surface area contributed by atoms with E-state index in [0.29, 0.717) is 5.69 Å². The van der Waals surface area contributed by atoms with E-state index in [1.54, 1.807) is 12.1 Å². The van der Waals surface area contributed by atoms with Gasteiger partial charge in [-0.25, -0.2) is 4.39 Å². The van der Waals surface area contributed by atoms with Crippen molar-refractivity contribution in [3.63, 3.8) is 0 Å². The minimum atomic E-state index is -0.379. The number of nitrogens with one attached hydrogen (secondary N) is 2. The minimum absolute atomic E-state index is 0.0676. The number of furan rings is 1. The third kappa shape index (κ3) is 3.93. The number of anilines is 1. The highest BCUT2D eigenvalue weighted by molar-refractivity contribution is 5.92. The smallest absolute Gasteiger partial charge is 0.238 e. The Morgan fingerprint density at radius 1 is 1.35 bits per heavy atom. The van der Waals surface area contributed by atoms with Gasteiger partial charge in [-0.1, -0.05) is 6.07 Å². The zero-order valence-electron chi connectivity index (χ0n) is 11.4. The number of amides is 1. The molecule has 0 spiro atoms. The molecular weight excluding hydrogens is 259 g/mol. The topological polar surface area (TPSA) is 54.3 Å². The zero-order valence-corrected chi connectivity index (χ0v) is 11.4. The summed E-state index contributed by atoms with van der Waals surface area (Å²) in [4.78, 5) is 11.7. The molecule has 2 N–H and O–H groups in total. The summed E-state index contributed by atoms with van der Waals surface area (Å²) in [6.45, 7) is 3.90. The molecule has 0 aliphatic heterocycles. The highest BCUT2D eigenvalue weighted by Crippen LogP contribution is 2.15. The third-order valence-corrected chi connectivity index (χ3v) is 2.87. The molecule has 0 saturated heterocycles. The molecule has 1 amide bonds. The van der Waals surface area contributed by atoms with Gasteiger partial charge >= 0.3 is 0 Å². The zero-order chi connectivity index (χ0) is 14.5. The molecule has 0 aliphatic carbocycles. The fourth-order valence-corrected chi connectivity index (χ4v) is 1.80. The monoisotopic (exact) mass is 276 g/mol. The summed E-state index contributed by atoms with van der Waals surface area (Å²) in [5, 5.41) is 5.67. The first kappa shape index (κ1) is 14.3. The quantitative estimate of drug-likeness (QED) is 0.882. The Hall–Kier alpha value is -2.14. The lowest BCUT2D eigenvalue weighted by molar-refractivity contribution is -0.115. The van der Waals surface area contributed by atoms with Crippen LogP contribution in [0.5, 0.6) is 0 Å². The van der Waals surface area contributed by atoms with Crippen molar-refractivity contribution in [2.45, 2.75) is 19.9 Å². The van der Waals surface area contributed by atoms with Gasteiger partial charge in [0.15, 0.2) is 0 Å². The Bertz CT molecular complexity index is 595. The summed E-state index contributed by atoms with van der Waals surface area (Å²) in [6.07, 6.45) is 0. The lowest BCUT2D eigenvalue weighted by Gasteiger charge is -2.11. The van der Waals surface area contributed by atoms with Gasteiger partial charge in [0.1, 0.15) is 17.3 Å². The van der Waals surface area contributed by atoms with Crippen molar-refractivity contribution < 1.29 is 13.6 Å². The van der Waals surface area contributed by atoms with Crippen molar-refractivity contribution >= 4 is 11.6 Å². The molecule has 106 valence electrons. The molecule has 1 unspecified atom stereocenters. The molecule has 1 atom stereocenters. The molecule has 2 rings (SSSR count). The number of hydrogen-bond acceptors (Lipinski definition) is 3. The molecule has 1 aromatic carbocycles. The summed E-state index contributed by atoms with van der Waals surface area (Å²) in [7, 11) is 0. The van der Waals surface area contributed by atoms with Crippen LogP contribution in [0.3, 0.4) is 0 Å². The van der Waals surface area contributed by atoms with Gasteiger partial charge in [0.05, 0.1) is 12.6 Å².